The van der Waals surface area contributed by atoms with Crippen molar-refractivity contribution in [3.8, 4) is 5.75 Å². The van der Waals surface area contributed by atoms with Crippen LogP contribution in [0.4, 0.5) is 10.5 Å². The number of ether oxygens (including phenoxy) is 1. The van der Waals surface area contributed by atoms with Gasteiger partial charge in [-0.3, -0.25) is 19.3 Å². The van der Waals surface area contributed by atoms with Crippen LogP contribution >= 0.6 is 11.8 Å². The molecule has 138 valence electrons. The van der Waals surface area contributed by atoms with Crippen LogP contribution in [0.25, 0.3) is 6.08 Å². The number of para-hydroxylation sites is 1. The highest BCUT2D eigenvalue weighted by atomic mass is 32.2. The highest BCUT2D eigenvalue weighted by molar-refractivity contribution is 8.18. The predicted octanol–water partition coefficient (Wildman–Crippen LogP) is 3.68. The van der Waals surface area contributed by atoms with Crippen LogP contribution in [0.15, 0.2) is 53.4 Å². The fourth-order valence-corrected chi connectivity index (χ4v) is 3.37. The lowest BCUT2D eigenvalue weighted by Gasteiger charge is -2.13. The summed E-state index contributed by atoms with van der Waals surface area (Å²) in [6, 6.07) is 14.4. The number of carbonyl (C=O) groups is 3. The Kier molecular flexibility index (Phi) is 5.61. The lowest BCUT2D eigenvalue weighted by atomic mass is 10.2. The minimum Gasteiger partial charge on any atom is -0.497 e. The van der Waals surface area contributed by atoms with Crippen molar-refractivity contribution in [3.05, 3.63) is 64.6 Å². The summed E-state index contributed by atoms with van der Waals surface area (Å²) in [5.74, 6) is -0.189. The molecule has 0 saturated carbocycles. The van der Waals surface area contributed by atoms with Gasteiger partial charge in [-0.2, -0.15) is 0 Å². The van der Waals surface area contributed by atoms with Gasteiger partial charge in [-0.05, 0) is 54.1 Å². The molecule has 0 aliphatic carbocycles. The Labute approximate surface area is 161 Å². The molecule has 7 heteroatoms. The van der Waals surface area contributed by atoms with Gasteiger partial charge in [0.25, 0.3) is 11.1 Å². The predicted molar refractivity (Wildman–Crippen MR) is 105 cm³/mol. The molecule has 1 fully saturated rings. The first kappa shape index (κ1) is 18.7. The van der Waals surface area contributed by atoms with E-state index >= 15 is 0 Å². The smallest absolute Gasteiger partial charge is 0.294 e. The average molecular weight is 382 g/mol. The number of hydrogen-bond acceptors (Lipinski definition) is 5. The number of anilines is 1. The van der Waals surface area contributed by atoms with Gasteiger partial charge in [-0.1, -0.05) is 30.3 Å². The van der Waals surface area contributed by atoms with Gasteiger partial charge in [-0.25, -0.2) is 0 Å². The number of carbonyl (C=O) groups excluding carboxylic acids is 3. The van der Waals surface area contributed by atoms with Crippen molar-refractivity contribution in [1.82, 2.24) is 4.90 Å². The summed E-state index contributed by atoms with van der Waals surface area (Å²) in [5, 5.41) is 2.27. The van der Waals surface area contributed by atoms with Crippen LogP contribution < -0.4 is 10.1 Å². The van der Waals surface area contributed by atoms with Gasteiger partial charge in [0.05, 0.1) is 12.0 Å². The number of nitrogens with zero attached hydrogens (tertiary/aromatic N) is 1. The third-order valence-electron chi connectivity index (χ3n) is 4.01. The first-order valence-corrected chi connectivity index (χ1v) is 9.04. The van der Waals surface area contributed by atoms with E-state index in [0.717, 1.165) is 27.8 Å². The fourth-order valence-electron chi connectivity index (χ4n) is 2.53. The van der Waals surface area contributed by atoms with Crippen molar-refractivity contribution in [1.29, 1.82) is 0 Å². The van der Waals surface area contributed by atoms with E-state index in [4.69, 9.17) is 4.74 Å². The van der Waals surface area contributed by atoms with E-state index in [1.54, 1.807) is 49.6 Å². The molecule has 0 aromatic heterocycles. The highest BCUT2D eigenvalue weighted by Crippen LogP contribution is 2.32. The molecule has 6 nitrogen and oxygen atoms in total. The number of benzene rings is 2. The second kappa shape index (κ2) is 8.09. The molecule has 0 unspecified atom stereocenters. The van der Waals surface area contributed by atoms with Gasteiger partial charge in [0, 0.05) is 5.69 Å². The SMILES string of the molecule is COc1ccc(/C=C2\SC(=O)N(CC(=O)Nc3ccccc3C)C2=O)cc1. The fraction of sp³-hybridized carbons (Fsp3) is 0.150. The molecule has 27 heavy (non-hydrogen) atoms. The summed E-state index contributed by atoms with van der Waals surface area (Å²) >= 11 is 0.825. The number of rotatable bonds is 5. The number of imide groups is 1. The van der Waals surface area contributed by atoms with Crippen LogP contribution in [0, 0.1) is 6.92 Å². The Balaban J connectivity index is 1.69. The molecule has 1 aliphatic rings. The summed E-state index contributed by atoms with van der Waals surface area (Å²) in [4.78, 5) is 38.2. The Morgan fingerprint density at radius 1 is 1.15 bits per heavy atom. The van der Waals surface area contributed by atoms with E-state index in [-0.39, 0.29) is 11.4 Å². The standard InChI is InChI=1S/C20H18N2O4S/c1-13-5-3-4-6-16(13)21-18(23)12-22-19(24)17(27-20(22)25)11-14-7-9-15(26-2)10-8-14/h3-11H,12H2,1-2H3,(H,21,23)/b17-11-. The summed E-state index contributed by atoms with van der Waals surface area (Å²) in [6.45, 7) is 1.55. The summed E-state index contributed by atoms with van der Waals surface area (Å²) in [7, 11) is 1.57. The molecule has 0 spiro atoms. The quantitative estimate of drug-likeness (QED) is 0.799. The third kappa shape index (κ3) is 4.38. The third-order valence-corrected chi connectivity index (χ3v) is 4.92. The lowest BCUT2D eigenvalue weighted by molar-refractivity contribution is -0.127. The number of amides is 3. The molecule has 3 amide bonds. The minimum atomic E-state index is -0.472. The van der Waals surface area contributed by atoms with E-state index in [9.17, 15) is 14.4 Å². The normalized spacial score (nSPS) is 15.3. The molecule has 1 aliphatic heterocycles. The Bertz CT molecular complexity index is 922. The van der Waals surface area contributed by atoms with Crippen LogP contribution in [-0.2, 0) is 9.59 Å². The van der Waals surface area contributed by atoms with E-state index in [1.807, 2.05) is 19.1 Å². The molecule has 1 heterocycles. The topological polar surface area (TPSA) is 75.7 Å². The van der Waals surface area contributed by atoms with Gasteiger partial charge in [0.1, 0.15) is 12.3 Å². The summed E-state index contributed by atoms with van der Waals surface area (Å²) in [6.07, 6.45) is 1.63. The number of nitrogens with one attached hydrogen (secondary N) is 1. The summed E-state index contributed by atoms with van der Waals surface area (Å²) in [5.41, 5.74) is 2.33. The van der Waals surface area contributed by atoms with Crippen LogP contribution in [0.1, 0.15) is 11.1 Å². The van der Waals surface area contributed by atoms with E-state index < -0.39 is 17.1 Å². The van der Waals surface area contributed by atoms with Crippen molar-refractivity contribution in [2.24, 2.45) is 0 Å². The van der Waals surface area contributed by atoms with Crippen molar-refractivity contribution in [3.63, 3.8) is 0 Å². The monoisotopic (exact) mass is 382 g/mol. The second-order valence-corrected chi connectivity index (χ2v) is 6.90. The number of thioether (sulfide) groups is 1. The van der Waals surface area contributed by atoms with E-state index in [0.29, 0.717) is 11.4 Å². The maximum atomic E-state index is 12.5. The maximum Gasteiger partial charge on any atom is 0.294 e. The Morgan fingerprint density at radius 2 is 1.85 bits per heavy atom. The first-order valence-electron chi connectivity index (χ1n) is 8.23. The number of aryl methyl sites for hydroxylation is 1. The zero-order chi connectivity index (χ0) is 19.4. The zero-order valence-corrected chi connectivity index (χ0v) is 15.7. The van der Waals surface area contributed by atoms with Crippen molar-refractivity contribution in [2.45, 2.75) is 6.92 Å². The van der Waals surface area contributed by atoms with Gasteiger partial charge >= 0.3 is 0 Å². The van der Waals surface area contributed by atoms with E-state index in [1.165, 1.54) is 0 Å². The van der Waals surface area contributed by atoms with Gasteiger partial charge in [0.2, 0.25) is 5.91 Å². The highest BCUT2D eigenvalue weighted by Gasteiger charge is 2.36. The molecule has 1 saturated heterocycles. The van der Waals surface area contributed by atoms with Gasteiger partial charge < -0.3 is 10.1 Å². The van der Waals surface area contributed by atoms with Crippen molar-refractivity contribution < 1.29 is 19.1 Å². The van der Waals surface area contributed by atoms with Crippen LogP contribution in [0.2, 0.25) is 0 Å². The molecule has 0 radical (unpaired) electrons. The lowest BCUT2D eigenvalue weighted by Crippen LogP contribution is -2.36. The number of hydrogen-bond donors (Lipinski definition) is 1. The molecule has 0 bridgehead atoms. The average Bonchev–Trinajstić information content (AvgIpc) is 2.91. The molecule has 0 atom stereocenters. The van der Waals surface area contributed by atoms with E-state index in [2.05, 4.69) is 5.32 Å². The largest absolute Gasteiger partial charge is 0.497 e. The molecule has 2 aromatic rings. The van der Waals surface area contributed by atoms with Gasteiger partial charge in [-0.15, -0.1) is 0 Å². The summed E-state index contributed by atoms with van der Waals surface area (Å²) < 4.78 is 5.10. The van der Waals surface area contributed by atoms with Crippen LogP contribution in [0.3, 0.4) is 0 Å². The molecule has 2 aromatic carbocycles. The molecule has 1 N–H and O–H groups in total. The van der Waals surface area contributed by atoms with Gasteiger partial charge in [0.15, 0.2) is 0 Å². The molecular weight excluding hydrogens is 364 g/mol. The molecular formula is C20H18N2O4S. The second-order valence-electron chi connectivity index (χ2n) is 5.90. The first-order chi connectivity index (χ1) is 13.0. The molecule has 3 rings (SSSR count). The van der Waals surface area contributed by atoms with Crippen molar-refractivity contribution in [2.75, 3.05) is 19.0 Å². The minimum absolute atomic E-state index is 0.286. The van der Waals surface area contributed by atoms with Crippen LogP contribution in [-0.4, -0.2) is 35.6 Å². The number of methoxy groups -OCH3 is 1. The van der Waals surface area contributed by atoms with Crippen LogP contribution in [0.5, 0.6) is 5.75 Å². The Hall–Kier alpha value is -3.06. The zero-order valence-electron chi connectivity index (χ0n) is 14.9. The van der Waals surface area contributed by atoms with Crippen molar-refractivity contribution >= 4 is 40.6 Å². The maximum absolute atomic E-state index is 12.5. The Morgan fingerprint density at radius 3 is 2.52 bits per heavy atom.